The van der Waals surface area contributed by atoms with Crippen molar-refractivity contribution in [3.05, 3.63) is 29.8 Å². The minimum absolute atomic E-state index is 0.232. The highest BCUT2D eigenvalue weighted by molar-refractivity contribution is 5.54. The molecule has 1 aliphatic carbocycles. The van der Waals surface area contributed by atoms with Crippen molar-refractivity contribution in [2.45, 2.75) is 57.1 Å². The first-order chi connectivity index (χ1) is 8.67. The highest BCUT2D eigenvalue weighted by Gasteiger charge is 2.41. The summed E-state index contributed by atoms with van der Waals surface area (Å²) in [5.41, 5.74) is 2.12. The SMILES string of the molecule is CC1CCCC(O)(C2CCc3ccccc3N2)C1. The zero-order valence-electron chi connectivity index (χ0n) is 11.2. The first-order valence-corrected chi connectivity index (χ1v) is 7.24. The molecule has 3 rings (SSSR count). The summed E-state index contributed by atoms with van der Waals surface area (Å²) in [6.45, 7) is 2.26. The van der Waals surface area contributed by atoms with Gasteiger partial charge in [-0.05, 0) is 43.2 Å². The Morgan fingerprint density at radius 2 is 2.11 bits per heavy atom. The third kappa shape index (κ3) is 2.14. The van der Waals surface area contributed by atoms with E-state index in [9.17, 15) is 5.11 Å². The van der Waals surface area contributed by atoms with Crippen molar-refractivity contribution in [1.82, 2.24) is 0 Å². The molecule has 1 heterocycles. The molecule has 0 saturated heterocycles. The van der Waals surface area contributed by atoms with Crippen LogP contribution in [0.3, 0.4) is 0 Å². The highest BCUT2D eigenvalue weighted by Crippen LogP contribution is 2.39. The van der Waals surface area contributed by atoms with Crippen molar-refractivity contribution in [1.29, 1.82) is 0 Å². The lowest BCUT2D eigenvalue weighted by Crippen LogP contribution is -2.51. The third-order valence-corrected chi connectivity index (χ3v) is 4.71. The van der Waals surface area contributed by atoms with E-state index < -0.39 is 5.60 Å². The third-order valence-electron chi connectivity index (χ3n) is 4.71. The largest absolute Gasteiger partial charge is 0.388 e. The molecule has 0 bridgehead atoms. The Kier molecular flexibility index (Phi) is 3.06. The fourth-order valence-electron chi connectivity index (χ4n) is 3.72. The van der Waals surface area contributed by atoms with Crippen molar-refractivity contribution in [2.75, 3.05) is 5.32 Å². The zero-order valence-corrected chi connectivity index (χ0v) is 11.2. The van der Waals surface area contributed by atoms with Gasteiger partial charge in [-0.3, -0.25) is 0 Å². The van der Waals surface area contributed by atoms with Crippen LogP contribution in [-0.2, 0) is 6.42 Å². The maximum atomic E-state index is 10.9. The van der Waals surface area contributed by atoms with Crippen molar-refractivity contribution < 1.29 is 5.11 Å². The van der Waals surface area contributed by atoms with Crippen LogP contribution in [-0.4, -0.2) is 16.7 Å². The van der Waals surface area contributed by atoms with Crippen LogP contribution in [0, 0.1) is 5.92 Å². The zero-order chi connectivity index (χ0) is 12.6. The van der Waals surface area contributed by atoms with E-state index in [-0.39, 0.29) is 6.04 Å². The van der Waals surface area contributed by atoms with Gasteiger partial charge in [0.15, 0.2) is 0 Å². The van der Waals surface area contributed by atoms with E-state index >= 15 is 0 Å². The molecule has 2 nitrogen and oxygen atoms in total. The average Bonchev–Trinajstić information content (AvgIpc) is 2.38. The Bertz CT molecular complexity index is 431. The van der Waals surface area contributed by atoms with E-state index in [1.54, 1.807) is 0 Å². The highest BCUT2D eigenvalue weighted by atomic mass is 16.3. The smallest absolute Gasteiger partial charge is 0.0850 e. The van der Waals surface area contributed by atoms with Gasteiger partial charge < -0.3 is 10.4 Å². The predicted molar refractivity (Wildman–Crippen MR) is 74.8 cm³/mol. The van der Waals surface area contributed by atoms with Gasteiger partial charge in [0.05, 0.1) is 11.6 Å². The van der Waals surface area contributed by atoms with Crippen LogP contribution >= 0.6 is 0 Å². The predicted octanol–water partition coefficient (Wildman–Crippen LogP) is 3.35. The fourth-order valence-corrected chi connectivity index (χ4v) is 3.72. The van der Waals surface area contributed by atoms with Gasteiger partial charge in [0.2, 0.25) is 0 Å². The summed E-state index contributed by atoms with van der Waals surface area (Å²) < 4.78 is 0. The maximum absolute atomic E-state index is 10.9. The molecule has 1 aromatic rings. The normalized spacial score (nSPS) is 35.7. The Hall–Kier alpha value is -1.02. The second-order valence-corrected chi connectivity index (χ2v) is 6.20. The second-order valence-electron chi connectivity index (χ2n) is 6.20. The molecular weight excluding hydrogens is 222 g/mol. The first-order valence-electron chi connectivity index (χ1n) is 7.24. The number of para-hydroxylation sites is 1. The van der Waals surface area contributed by atoms with E-state index in [2.05, 4.69) is 36.5 Å². The van der Waals surface area contributed by atoms with E-state index in [1.807, 2.05) is 0 Å². The second kappa shape index (κ2) is 4.58. The molecule has 1 aliphatic heterocycles. The number of benzene rings is 1. The Morgan fingerprint density at radius 1 is 1.28 bits per heavy atom. The lowest BCUT2D eigenvalue weighted by Gasteiger charge is -2.44. The summed E-state index contributed by atoms with van der Waals surface area (Å²) in [4.78, 5) is 0. The fraction of sp³-hybridized carbons (Fsp3) is 0.625. The van der Waals surface area contributed by atoms with Crippen LogP contribution in [0.5, 0.6) is 0 Å². The molecular formula is C16H23NO. The summed E-state index contributed by atoms with van der Waals surface area (Å²) in [5, 5.41) is 14.5. The molecule has 1 aromatic carbocycles. The molecule has 0 radical (unpaired) electrons. The van der Waals surface area contributed by atoms with Gasteiger partial charge in [-0.25, -0.2) is 0 Å². The number of nitrogens with one attached hydrogen (secondary N) is 1. The lowest BCUT2D eigenvalue weighted by molar-refractivity contribution is -0.0316. The van der Waals surface area contributed by atoms with Crippen molar-refractivity contribution >= 4 is 5.69 Å². The number of anilines is 1. The molecule has 0 aromatic heterocycles. The molecule has 1 saturated carbocycles. The number of hydrogen-bond acceptors (Lipinski definition) is 2. The quantitative estimate of drug-likeness (QED) is 0.795. The Labute approximate surface area is 109 Å². The molecule has 3 atom stereocenters. The number of rotatable bonds is 1. The van der Waals surface area contributed by atoms with Gasteiger partial charge in [-0.2, -0.15) is 0 Å². The van der Waals surface area contributed by atoms with E-state index in [1.165, 1.54) is 17.7 Å². The summed E-state index contributed by atoms with van der Waals surface area (Å²) in [6.07, 6.45) is 6.48. The van der Waals surface area contributed by atoms with E-state index in [4.69, 9.17) is 0 Å². The molecule has 0 spiro atoms. The van der Waals surface area contributed by atoms with Crippen LogP contribution < -0.4 is 5.32 Å². The van der Waals surface area contributed by atoms with Gasteiger partial charge in [-0.15, -0.1) is 0 Å². The number of aryl methyl sites for hydroxylation is 1. The van der Waals surface area contributed by atoms with E-state index in [0.29, 0.717) is 5.92 Å². The topological polar surface area (TPSA) is 32.3 Å². The van der Waals surface area contributed by atoms with Crippen molar-refractivity contribution in [2.24, 2.45) is 5.92 Å². The average molecular weight is 245 g/mol. The molecule has 3 unspecified atom stereocenters. The van der Waals surface area contributed by atoms with Crippen LogP contribution in [0.15, 0.2) is 24.3 Å². The lowest BCUT2D eigenvalue weighted by atomic mass is 9.72. The summed E-state index contributed by atoms with van der Waals surface area (Å²) in [6, 6.07) is 8.72. The molecule has 2 N–H and O–H groups in total. The van der Waals surface area contributed by atoms with Gasteiger partial charge in [0.25, 0.3) is 0 Å². The molecule has 2 aliphatic rings. The van der Waals surface area contributed by atoms with Gasteiger partial charge in [0.1, 0.15) is 0 Å². The first kappa shape index (κ1) is 12.0. The van der Waals surface area contributed by atoms with E-state index in [0.717, 1.165) is 32.1 Å². The van der Waals surface area contributed by atoms with Gasteiger partial charge >= 0.3 is 0 Å². The Balaban J connectivity index is 1.79. The van der Waals surface area contributed by atoms with Crippen molar-refractivity contribution in [3.63, 3.8) is 0 Å². The number of hydrogen-bond donors (Lipinski definition) is 2. The van der Waals surface area contributed by atoms with Gasteiger partial charge in [-0.1, -0.05) is 38.0 Å². The molecule has 1 fully saturated rings. The number of fused-ring (bicyclic) bond motifs is 1. The molecule has 18 heavy (non-hydrogen) atoms. The standard InChI is InChI=1S/C16H23NO/c1-12-5-4-10-16(18,11-12)15-9-8-13-6-2-3-7-14(13)17-15/h2-3,6-7,12,15,17-18H,4-5,8-11H2,1H3. The minimum Gasteiger partial charge on any atom is -0.388 e. The van der Waals surface area contributed by atoms with Crippen LogP contribution in [0.25, 0.3) is 0 Å². The minimum atomic E-state index is -0.495. The van der Waals surface area contributed by atoms with Gasteiger partial charge in [0, 0.05) is 5.69 Å². The monoisotopic (exact) mass is 245 g/mol. The Morgan fingerprint density at radius 3 is 2.94 bits per heavy atom. The summed E-state index contributed by atoms with van der Waals surface area (Å²) >= 11 is 0. The maximum Gasteiger partial charge on any atom is 0.0850 e. The number of aliphatic hydroxyl groups is 1. The van der Waals surface area contributed by atoms with Crippen LogP contribution in [0.4, 0.5) is 5.69 Å². The summed E-state index contributed by atoms with van der Waals surface area (Å²) in [5.74, 6) is 0.655. The molecule has 2 heteroatoms. The van der Waals surface area contributed by atoms with Crippen LogP contribution in [0.1, 0.15) is 44.6 Å². The van der Waals surface area contributed by atoms with Crippen LogP contribution in [0.2, 0.25) is 0 Å². The molecule has 0 amide bonds. The molecule has 98 valence electrons. The summed E-state index contributed by atoms with van der Waals surface area (Å²) in [7, 11) is 0. The van der Waals surface area contributed by atoms with Crippen molar-refractivity contribution in [3.8, 4) is 0 Å².